The minimum atomic E-state index is -1.06. The standard InChI is InChI=1S/C16H27O6/c1-14(2,3)20-11(17)10(12(18)21-15(4,5)6)13(19)22-16(7,8)9/h1-9H3. The average Bonchev–Trinajstić information content (AvgIpc) is 2.06. The van der Waals surface area contributed by atoms with Gasteiger partial charge in [-0.1, -0.05) is 0 Å². The largest absolute Gasteiger partial charge is 0.459 e. The fourth-order valence-corrected chi connectivity index (χ4v) is 1.24. The quantitative estimate of drug-likeness (QED) is 0.452. The van der Waals surface area contributed by atoms with Crippen molar-refractivity contribution in [3.63, 3.8) is 0 Å². The maximum atomic E-state index is 12.2. The molecule has 22 heavy (non-hydrogen) atoms. The zero-order valence-electron chi connectivity index (χ0n) is 14.9. The van der Waals surface area contributed by atoms with Crippen molar-refractivity contribution in [3.8, 4) is 0 Å². The molecule has 0 aromatic heterocycles. The second-order valence-corrected chi connectivity index (χ2v) is 7.88. The molecule has 0 heterocycles. The third-order valence-corrected chi connectivity index (χ3v) is 1.81. The molecule has 6 heteroatoms. The number of ether oxygens (including phenoxy) is 3. The first-order valence-electron chi connectivity index (χ1n) is 7.09. The third kappa shape index (κ3) is 8.64. The Bertz CT molecular complexity index is 364. The van der Waals surface area contributed by atoms with Gasteiger partial charge in [-0.15, -0.1) is 0 Å². The van der Waals surface area contributed by atoms with Crippen molar-refractivity contribution in [2.24, 2.45) is 0 Å². The Morgan fingerprint density at radius 2 is 0.682 bits per heavy atom. The Kier molecular flexibility index (Phi) is 6.19. The van der Waals surface area contributed by atoms with Gasteiger partial charge in [0.15, 0.2) is 0 Å². The molecule has 0 aliphatic carbocycles. The molecule has 0 saturated carbocycles. The van der Waals surface area contributed by atoms with E-state index in [1.54, 1.807) is 62.3 Å². The summed E-state index contributed by atoms with van der Waals surface area (Å²) < 4.78 is 15.3. The maximum Gasteiger partial charge on any atom is 0.338 e. The van der Waals surface area contributed by atoms with E-state index < -0.39 is 40.6 Å². The first-order valence-corrected chi connectivity index (χ1v) is 7.09. The average molecular weight is 315 g/mol. The van der Waals surface area contributed by atoms with E-state index in [2.05, 4.69) is 0 Å². The van der Waals surface area contributed by atoms with Crippen molar-refractivity contribution in [3.05, 3.63) is 5.92 Å². The van der Waals surface area contributed by atoms with Crippen molar-refractivity contribution in [1.29, 1.82) is 0 Å². The third-order valence-electron chi connectivity index (χ3n) is 1.81. The highest BCUT2D eigenvalue weighted by Gasteiger charge is 2.44. The minimum Gasteiger partial charge on any atom is -0.459 e. The molecule has 0 aromatic rings. The van der Waals surface area contributed by atoms with Crippen LogP contribution in [-0.4, -0.2) is 34.7 Å². The van der Waals surface area contributed by atoms with E-state index in [1.165, 1.54) is 0 Å². The van der Waals surface area contributed by atoms with Crippen LogP contribution in [0, 0.1) is 5.92 Å². The lowest BCUT2D eigenvalue weighted by Gasteiger charge is -2.27. The van der Waals surface area contributed by atoms with E-state index in [1.807, 2.05) is 0 Å². The molecule has 0 spiro atoms. The molecule has 0 aliphatic heterocycles. The zero-order chi connectivity index (χ0) is 17.9. The van der Waals surface area contributed by atoms with Crippen LogP contribution in [0.3, 0.4) is 0 Å². The molecule has 0 rings (SSSR count). The van der Waals surface area contributed by atoms with Crippen LogP contribution in [0.5, 0.6) is 0 Å². The summed E-state index contributed by atoms with van der Waals surface area (Å²) in [6.07, 6.45) is 0. The van der Waals surface area contributed by atoms with Crippen molar-refractivity contribution in [2.45, 2.75) is 79.1 Å². The van der Waals surface area contributed by atoms with Crippen LogP contribution in [0.1, 0.15) is 62.3 Å². The lowest BCUT2D eigenvalue weighted by molar-refractivity contribution is -0.171. The number of carbonyl (C=O) groups excluding carboxylic acids is 3. The fourth-order valence-electron chi connectivity index (χ4n) is 1.24. The minimum absolute atomic E-state index is 0.764. The predicted molar refractivity (Wildman–Crippen MR) is 80.8 cm³/mol. The second-order valence-electron chi connectivity index (χ2n) is 7.88. The topological polar surface area (TPSA) is 78.9 Å². The van der Waals surface area contributed by atoms with Gasteiger partial charge in [-0.05, 0) is 62.3 Å². The van der Waals surface area contributed by atoms with Crippen LogP contribution < -0.4 is 0 Å². The van der Waals surface area contributed by atoms with Crippen LogP contribution in [0.2, 0.25) is 0 Å². The van der Waals surface area contributed by atoms with Crippen LogP contribution >= 0.6 is 0 Å². The van der Waals surface area contributed by atoms with Crippen molar-refractivity contribution in [1.82, 2.24) is 0 Å². The molecule has 6 nitrogen and oxygen atoms in total. The normalized spacial score (nSPS) is 12.8. The van der Waals surface area contributed by atoms with Gasteiger partial charge in [-0.3, -0.25) is 14.4 Å². The molecule has 0 saturated heterocycles. The number of hydrogen-bond acceptors (Lipinski definition) is 6. The smallest absolute Gasteiger partial charge is 0.338 e. The van der Waals surface area contributed by atoms with Crippen LogP contribution in [0.25, 0.3) is 0 Å². The summed E-state index contributed by atoms with van der Waals surface area (Å²) in [4.78, 5) is 36.5. The van der Waals surface area contributed by atoms with E-state index >= 15 is 0 Å². The Morgan fingerprint density at radius 3 is 0.818 bits per heavy atom. The van der Waals surface area contributed by atoms with E-state index in [9.17, 15) is 14.4 Å². The second kappa shape index (κ2) is 6.67. The van der Waals surface area contributed by atoms with Crippen molar-refractivity contribution < 1.29 is 28.6 Å². The lowest BCUT2D eigenvalue weighted by Crippen LogP contribution is -2.42. The molecule has 127 valence electrons. The number of hydrogen-bond donors (Lipinski definition) is 0. The van der Waals surface area contributed by atoms with E-state index in [0.717, 1.165) is 0 Å². The SMILES string of the molecule is CC(C)(C)OC(=O)[C](C(=O)OC(C)(C)C)C(=O)OC(C)(C)C. The summed E-state index contributed by atoms with van der Waals surface area (Å²) in [5, 5.41) is 0. The highest BCUT2D eigenvalue weighted by Crippen LogP contribution is 2.21. The van der Waals surface area contributed by atoms with Crippen LogP contribution in [-0.2, 0) is 28.6 Å². The van der Waals surface area contributed by atoms with Gasteiger partial charge in [-0.2, -0.15) is 0 Å². The summed E-state index contributed by atoms with van der Waals surface area (Å²) in [6.45, 7) is 14.7. The van der Waals surface area contributed by atoms with Crippen LogP contribution in [0.15, 0.2) is 0 Å². The van der Waals surface area contributed by atoms with Crippen LogP contribution in [0.4, 0.5) is 0 Å². The van der Waals surface area contributed by atoms with Gasteiger partial charge in [0.25, 0.3) is 5.92 Å². The molecule has 0 aliphatic rings. The predicted octanol–water partition coefficient (Wildman–Crippen LogP) is 2.59. The van der Waals surface area contributed by atoms with E-state index in [-0.39, 0.29) is 0 Å². The van der Waals surface area contributed by atoms with Gasteiger partial charge in [0.05, 0.1) is 0 Å². The fraction of sp³-hybridized carbons (Fsp3) is 0.750. The summed E-state index contributed by atoms with van der Waals surface area (Å²) >= 11 is 0. The highest BCUT2D eigenvalue weighted by atomic mass is 16.6. The molecule has 0 aromatic carbocycles. The number of rotatable bonds is 3. The number of esters is 3. The molecular weight excluding hydrogens is 288 g/mol. The monoisotopic (exact) mass is 315 g/mol. The molecule has 0 fully saturated rings. The summed E-state index contributed by atoms with van der Waals surface area (Å²) in [5.41, 5.74) is -2.56. The Labute approximate surface area is 132 Å². The molecule has 0 atom stereocenters. The van der Waals surface area contributed by atoms with Crippen molar-refractivity contribution >= 4 is 17.9 Å². The summed E-state index contributed by atoms with van der Waals surface area (Å²) in [7, 11) is 0. The van der Waals surface area contributed by atoms with Gasteiger partial charge >= 0.3 is 17.9 Å². The van der Waals surface area contributed by atoms with Gasteiger partial charge < -0.3 is 14.2 Å². The zero-order valence-corrected chi connectivity index (χ0v) is 14.9. The molecule has 0 unspecified atom stereocenters. The molecular formula is C16H27O6. The maximum absolute atomic E-state index is 12.2. The number of carbonyl (C=O) groups is 3. The van der Waals surface area contributed by atoms with Gasteiger partial charge in [0.2, 0.25) is 0 Å². The first-order chi connectivity index (χ1) is 9.52. The summed E-state index contributed by atoms with van der Waals surface area (Å²) in [6, 6.07) is 0. The molecule has 0 amide bonds. The first kappa shape index (κ1) is 20.4. The highest BCUT2D eigenvalue weighted by molar-refractivity contribution is 6.29. The van der Waals surface area contributed by atoms with Crippen molar-refractivity contribution in [2.75, 3.05) is 0 Å². The lowest BCUT2D eigenvalue weighted by atomic mass is 10.1. The van der Waals surface area contributed by atoms with E-state index in [4.69, 9.17) is 14.2 Å². The molecule has 0 bridgehead atoms. The van der Waals surface area contributed by atoms with Gasteiger partial charge in [0.1, 0.15) is 16.8 Å². The van der Waals surface area contributed by atoms with Gasteiger partial charge in [0, 0.05) is 0 Å². The van der Waals surface area contributed by atoms with E-state index in [0.29, 0.717) is 0 Å². The Balaban J connectivity index is 5.36. The molecule has 1 radical (unpaired) electrons. The summed E-state index contributed by atoms with van der Waals surface area (Å²) in [5.74, 6) is -3.94. The van der Waals surface area contributed by atoms with Gasteiger partial charge in [-0.25, -0.2) is 0 Å². The Hall–Kier alpha value is -1.59. The Morgan fingerprint density at radius 1 is 0.500 bits per heavy atom. The molecule has 0 N–H and O–H groups in total.